The van der Waals surface area contributed by atoms with Crippen molar-refractivity contribution in [1.82, 2.24) is 10.6 Å². The molecule has 0 aliphatic carbocycles. The Balaban J connectivity index is 1.37. The Kier molecular flexibility index (Phi) is 21.9. The fourth-order valence-corrected chi connectivity index (χ4v) is 9.11. The van der Waals surface area contributed by atoms with Crippen molar-refractivity contribution in [2.45, 2.75) is 174 Å². The van der Waals surface area contributed by atoms with Gasteiger partial charge in [0, 0.05) is 25.5 Å². The minimum absolute atomic E-state index is 0.131. The molecule has 0 aromatic heterocycles. The maximum Gasteiger partial charge on any atom is 0.304 e. The predicted octanol–water partition coefficient (Wildman–Crippen LogP) is -9.17. The zero-order chi connectivity index (χ0) is 51.0. The van der Waals surface area contributed by atoms with E-state index in [0.717, 1.165) is 25.6 Å². The van der Waals surface area contributed by atoms with Crippen LogP contribution in [0, 0.1) is 5.92 Å². The van der Waals surface area contributed by atoms with Crippen LogP contribution in [-0.4, -0.2) is 281 Å². The van der Waals surface area contributed by atoms with Crippen LogP contribution in [0.1, 0.15) is 27.2 Å². The zero-order valence-electron chi connectivity index (χ0n) is 37.6. The lowest BCUT2D eigenvalue weighted by molar-refractivity contribution is -0.366. The van der Waals surface area contributed by atoms with Crippen LogP contribution in [0.4, 0.5) is 0 Å². The predicted molar refractivity (Wildman–Crippen MR) is 221 cm³/mol. The number of hydrogen-bond acceptors (Lipinski definition) is 27. The van der Waals surface area contributed by atoms with E-state index in [4.69, 9.17) is 52.5 Å². The Bertz CT molecular complexity index is 1630. The number of carbonyl (C=O) groups excluding carboxylic acids is 2. The molecule has 0 aromatic carbocycles. The van der Waals surface area contributed by atoms with Crippen molar-refractivity contribution >= 4 is 29.5 Å². The Morgan fingerprint density at radius 3 is 1.36 bits per heavy atom. The highest BCUT2D eigenvalue weighted by molar-refractivity contribution is 7.99. The first-order chi connectivity index (χ1) is 32.7. The minimum atomic E-state index is -1.93. The Hall–Kier alpha value is -2.16. The number of aliphatic hydroxyl groups is 13. The fourth-order valence-electron chi connectivity index (χ4n) is 8.44. The second-order valence-electron chi connectivity index (χ2n) is 17.1. The van der Waals surface area contributed by atoms with E-state index in [1.807, 2.05) is 0 Å². The first kappa shape index (κ1) is 57.7. The molecule has 0 saturated carbocycles. The zero-order valence-corrected chi connectivity index (χ0v) is 38.4. The van der Waals surface area contributed by atoms with Crippen LogP contribution in [0.5, 0.6) is 0 Å². The van der Waals surface area contributed by atoms with Gasteiger partial charge in [-0.25, -0.2) is 0 Å². The molecule has 69 heavy (non-hydrogen) atoms. The topological polar surface area (TPSA) is 451 Å². The van der Waals surface area contributed by atoms with Crippen LogP contribution in [0.15, 0.2) is 0 Å². The SMILES string of the molecule is CC(=O)NC1C(O)C(O[C@@H]2OC(CO)[C@H](O)[C@H](O)C2O)[C@H](CO)O[C@H]1OCC1O[C@H](OCSCCC(=O)O)C(C)[C@@H](O[C@@H]2OC(CO)[C@@H](O[C@@H]3OC(CO)[C@H](O)[C@H](O)C3O)[C@H](O)C2NC(C)=O)[C@H]1O. The number of rotatable bonds is 21. The maximum atomic E-state index is 12.5. The molecule has 29 nitrogen and oxygen atoms in total. The first-order valence-electron chi connectivity index (χ1n) is 22.0. The summed E-state index contributed by atoms with van der Waals surface area (Å²) in [5.74, 6) is -3.50. The second kappa shape index (κ2) is 26.2. The van der Waals surface area contributed by atoms with Crippen molar-refractivity contribution in [3.8, 4) is 0 Å². The normalized spacial score (nSPS) is 45.1. The third-order valence-corrected chi connectivity index (χ3v) is 13.0. The summed E-state index contributed by atoms with van der Waals surface area (Å²) >= 11 is 1.08. The van der Waals surface area contributed by atoms with Crippen molar-refractivity contribution in [3.05, 3.63) is 0 Å². The third kappa shape index (κ3) is 13.9. The third-order valence-electron chi connectivity index (χ3n) is 12.2. The van der Waals surface area contributed by atoms with Crippen molar-refractivity contribution in [2.75, 3.05) is 44.7 Å². The molecule has 5 aliphatic rings. The number of ether oxygens (including phenoxy) is 10. The van der Waals surface area contributed by atoms with E-state index in [-0.39, 0.29) is 18.1 Å². The van der Waals surface area contributed by atoms with E-state index < -0.39 is 204 Å². The van der Waals surface area contributed by atoms with E-state index >= 15 is 0 Å². The lowest BCUT2D eigenvalue weighted by Crippen LogP contribution is -2.69. The monoisotopic (exact) mass is 1030 g/mol. The number of carbonyl (C=O) groups is 3. The van der Waals surface area contributed by atoms with Crippen LogP contribution in [0.25, 0.3) is 0 Å². The lowest BCUT2D eigenvalue weighted by Gasteiger charge is -2.50. The molecule has 5 saturated heterocycles. The first-order valence-corrected chi connectivity index (χ1v) is 23.2. The summed E-state index contributed by atoms with van der Waals surface area (Å²) in [5, 5.41) is 152. The molecule has 0 bridgehead atoms. The quantitative estimate of drug-likeness (QED) is 0.0375. The molecular formula is C39H66N2O27S. The Morgan fingerprint density at radius 2 is 0.913 bits per heavy atom. The highest BCUT2D eigenvalue weighted by atomic mass is 32.2. The van der Waals surface area contributed by atoms with Crippen LogP contribution in [0.3, 0.4) is 0 Å². The van der Waals surface area contributed by atoms with Gasteiger partial charge in [-0.3, -0.25) is 14.4 Å². The number of carboxylic acids is 1. The largest absolute Gasteiger partial charge is 0.481 e. The number of aliphatic hydroxyl groups excluding tert-OH is 13. The van der Waals surface area contributed by atoms with E-state index in [1.165, 1.54) is 6.92 Å². The molecular weight excluding hydrogens is 960 g/mol. The molecule has 0 spiro atoms. The van der Waals surface area contributed by atoms with Crippen LogP contribution < -0.4 is 10.6 Å². The van der Waals surface area contributed by atoms with Crippen molar-refractivity contribution in [3.63, 3.8) is 0 Å². The van der Waals surface area contributed by atoms with E-state index in [2.05, 4.69) is 10.6 Å². The molecule has 16 N–H and O–H groups in total. The molecule has 5 fully saturated rings. The number of carboxylic acid groups (broad SMARTS) is 1. The molecule has 30 heteroatoms. The summed E-state index contributed by atoms with van der Waals surface area (Å²) in [6, 6.07) is -3.11. The molecule has 11 unspecified atom stereocenters. The standard InChI is InChI=1S/C39H66N2O27S/c1-12-32(66-37-22(41-14(3)47)27(54)34(18(9-45)64-37)68-39-31(58)29(56)24(51)16(7-43)62-39)25(52)19(65-35(12)60-11-69-5-4-20(48)49)10-59-36-21(40-13(2)46)26(53)33(17(8-44)63-36)67-38-30(57)28(55)23(50)15(6-42)61-38/h12,15-19,21-39,42-45,50-58H,4-11H2,1-3H3,(H,40,46)(H,41,47)(H,48,49)/t12?,15?,16?,17-,18?,19?,21?,22?,23-,24-,25-,26?,27+,28-,29-,30?,31?,32+,33?,34+,35-,36+,37-,38-,39-/m0/s1. The van der Waals surface area contributed by atoms with Crippen molar-refractivity contribution < 1.29 is 133 Å². The van der Waals surface area contributed by atoms with E-state index in [1.54, 1.807) is 0 Å². The van der Waals surface area contributed by atoms with Gasteiger partial charge in [0.2, 0.25) is 11.8 Å². The van der Waals surface area contributed by atoms with Crippen molar-refractivity contribution in [1.29, 1.82) is 0 Å². The van der Waals surface area contributed by atoms with Crippen LogP contribution >= 0.6 is 11.8 Å². The Morgan fingerprint density at radius 1 is 0.493 bits per heavy atom. The summed E-state index contributed by atoms with van der Waals surface area (Å²) in [4.78, 5) is 36.1. The average Bonchev–Trinajstić information content (AvgIpc) is 3.30. The summed E-state index contributed by atoms with van der Waals surface area (Å²) < 4.78 is 58.6. The van der Waals surface area contributed by atoms with E-state index in [9.17, 15) is 80.8 Å². The molecule has 400 valence electrons. The average molecular weight is 1030 g/mol. The highest BCUT2D eigenvalue weighted by Crippen LogP contribution is 2.36. The molecule has 5 rings (SSSR count). The van der Waals surface area contributed by atoms with Gasteiger partial charge in [-0.05, 0) is 0 Å². The molecule has 2 amide bonds. The number of nitrogens with one attached hydrogen (secondary N) is 2. The van der Waals surface area contributed by atoms with Gasteiger partial charge in [0.05, 0.1) is 51.5 Å². The minimum Gasteiger partial charge on any atom is -0.481 e. The second-order valence-corrected chi connectivity index (χ2v) is 18.2. The van der Waals surface area contributed by atoms with Crippen LogP contribution in [-0.2, 0) is 61.8 Å². The fraction of sp³-hybridized carbons (Fsp3) is 0.923. The molecule has 0 radical (unpaired) electrons. The Labute approximate surface area is 398 Å². The van der Waals surface area contributed by atoms with Gasteiger partial charge in [0.1, 0.15) is 110 Å². The number of thioether (sulfide) groups is 1. The molecule has 25 atom stereocenters. The lowest BCUT2D eigenvalue weighted by atomic mass is 9.91. The summed E-state index contributed by atoms with van der Waals surface area (Å²) in [7, 11) is 0. The molecule has 0 aromatic rings. The number of hydrogen-bond donors (Lipinski definition) is 16. The number of amides is 2. The summed E-state index contributed by atoms with van der Waals surface area (Å²) in [5.41, 5.74) is 0. The van der Waals surface area contributed by atoms with Gasteiger partial charge < -0.3 is 129 Å². The van der Waals surface area contributed by atoms with E-state index in [0.29, 0.717) is 0 Å². The van der Waals surface area contributed by atoms with Crippen LogP contribution in [0.2, 0.25) is 0 Å². The highest BCUT2D eigenvalue weighted by Gasteiger charge is 2.55. The van der Waals surface area contributed by atoms with Gasteiger partial charge in [0.15, 0.2) is 31.5 Å². The maximum absolute atomic E-state index is 12.5. The molecule has 5 heterocycles. The van der Waals surface area contributed by atoms with Gasteiger partial charge in [-0.1, -0.05) is 6.92 Å². The smallest absolute Gasteiger partial charge is 0.304 e. The van der Waals surface area contributed by atoms with Gasteiger partial charge in [0.25, 0.3) is 0 Å². The summed E-state index contributed by atoms with van der Waals surface area (Å²) in [6.07, 6.45) is -37.1. The van der Waals surface area contributed by atoms with Gasteiger partial charge in [-0.15, -0.1) is 11.8 Å². The summed E-state index contributed by atoms with van der Waals surface area (Å²) in [6.45, 7) is -0.380. The number of aliphatic carboxylic acids is 1. The van der Waals surface area contributed by atoms with Gasteiger partial charge in [-0.2, -0.15) is 0 Å². The van der Waals surface area contributed by atoms with Gasteiger partial charge >= 0.3 is 5.97 Å². The van der Waals surface area contributed by atoms with Crippen molar-refractivity contribution in [2.24, 2.45) is 5.92 Å². The molecule has 5 aliphatic heterocycles.